The van der Waals surface area contributed by atoms with Gasteiger partial charge in [-0.05, 0) is 37.5 Å². The van der Waals surface area contributed by atoms with Gasteiger partial charge in [0.15, 0.2) is 17.5 Å². The van der Waals surface area contributed by atoms with Crippen molar-refractivity contribution >= 4 is 5.96 Å². The second kappa shape index (κ2) is 8.33. The van der Waals surface area contributed by atoms with E-state index in [2.05, 4.69) is 41.3 Å². The number of methoxy groups -OCH3 is 1. The van der Waals surface area contributed by atoms with Gasteiger partial charge in [-0.25, -0.2) is 4.39 Å². The van der Waals surface area contributed by atoms with Crippen molar-refractivity contribution in [1.82, 2.24) is 15.5 Å². The quantitative estimate of drug-likeness (QED) is 0.639. The zero-order chi connectivity index (χ0) is 17.7. The third-order valence-corrected chi connectivity index (χ3v) is 4.59. The molecule has 0 bridgehead atoms. The molecular weight excluding hydrogens is 307 g/mol. The Morgan fingerprint density at radius 2 is 2.17 bits per heavy atom. The van der Waals surface area contributed by atoms with Crippen molar-refractivity contribution < 1.29 is 9.13 Å². The van der Waals surface area contributed by atoms with Gasteiger partial charge in [-0.1, -0.05) is 13.0 Å². The lowest BCUT2D eigenvalue weighted by Gasteiger charge is -2.22. The molecule has 0 radical (unpaired) electrons. The Morgan fingerprint density at radius 3 is 2.71 bits per heavy atom. The first-order valence-corrected chi connectivity index (χ1v) is 8.48. The highest BCUT2D eigenvalue weighted by molar-refractivity contribution is 5.80. The van der Waals surface area contributed by atoms with Gasteiger partial charge in [0.1, 0.15) is 0 Å². The van der Waals surface area contributed by atoms with Crippen LogP contribution in [0.15, 0.2) is 23.2 Å². The molecule has 1 aliphatic rings. The zero-order valence-electron chi connectivity index (χ0n) is 15.3. The van der Waals surface area contributed by atoms with Crippen molar-refractivity contribution in [2.24, 2.45) is 10.9 Å². The van der Waals surface area contributed by atoms with Crippen molar-refractivity contribution in [1.29, 1.82) is 0 Å². The summed E-state index contributed by atoms with van der Waals surface area (Å²) in [5.41, 5.74) is 0.847. The topological polar surface area (TPSA) is 48.9 Å². The minimum Gasteiger partial charge on any atom is -0.494 e. The molecule has 0 amide bonds. The van der Waals surface area contributed by atoms with Crippen LogP contribution in [0.2, 0.25) is 0 Å². The Hall–Kier alpha value is -1.82. The molecule has 0 saturated carbocycles. The van der Waals surface area contributed by atoms with Crippen molar-refractivity contribution in [3.63, 3.8) is 0 Å². The molecule has 1 fully saturated rings. The van der Waals surface area contributed by atoms with Crippen molar-refractivity contribution in [3.05, 3.63) is 29.6 Å². The van der Waals surface area contributed by atoms with E-state index in [4.69, 9.17) is 4.74 Å². The molecule has 0 aliphatic carbocycles. The lowest BCUT2D eigenvalue weighted by molar-refractivity contribution is 0.265. The minimum absolute atomic E-state index is 0.259. The van der Waals surface area contributed by atoms with E-state index in [0.717, 1.165) is 24.6 Å². The van der Waals surface area contributed by atoms with Crippen LogP contribution in [0.4, 0.5) is 4.39 Å². The highest BCUT2D eigenvalue weighted by Gasteiger charge is 2.31. The molecule has 1 saturated heterocycles. The fourth-order valence-electron chi connectivity index (χ4n) is 2.99. The number of guanidine groups is 1. The SMILES string of the molecule is CN=C(NCc1ccc(OC)c(F)c1)NC1CN(C(C)C)CC1C. The number of hydrogen-bond donors (Lipinski definition) is 2. The van der Waals surface area contributed by atoms with E-state index in [1.54, 1.807) is 13.1 Å². The molecule has 6 heteroatoms. The van der Waals surface area contributed by atoms with Gasteiger partial charge in [-0.15, -0.1) is 0 Å². The normalized spacial score (nSPS) is 22.0. The maximum atomic E-state index is 13.8. The third kappa shape index (κ3) is 4.60. The highest BCUT2D eigenvalue weighted by atomic mass is 19.1. The molecule has 1 aromatic carbocycles. The Bertz CT molecular complexity index is 576. The van der Waals surface area contributed by atoms with Crippen LogP contribution in [0.5, 0.6) is 5.75 Å². The van der Waals surface area contributed by atoms with Gasteiger partial charge < -0.3 is 15.4 Å². The van der Waals surface area contributed by atoms with E-state index in [-0.39, 0.29) is 11.6 Å². The van der Waals surface area contributed by atoms with Crippen molar-refractivity contribution in [2.45, 2.75) is 39.4 Å². The summed E-state index contributed by atoms with van der Waals surface area (Å²) in [5, 5.41) is 6.74. The average molecular weight is 336 g/mol. The third-order valence-electron chi connectivity index (χ3n) is 4.59. The Labute approximate surface area is 144 Å². The van der Waals surface area contributed by atoms with Crippen LogP contribution in [0.25, 0.3) is 0 Å². The van der Waals surface area contributed by atoms with Crippen LogP contribution >= 0.6 is 0 Å². The van der Waals surface area contributed by atoms with Gasteiger partial charge in [-0.3, -0.25) is 9.89 Å². The van der Waals surface area contributed by atoms with Gasteiger partial charge in [0, 0.05) is 38.8 Å². The Balaban J connectivity index is 1.90. The second-order valence-electron chi connectivity index (χ2n) is 6.67. The summed E-state index contributed by atoms with van der Waals surface area (Å²) in [6, 6.07) is 5.89. The maximum absolute atomic E-state index is 13.8. The molecular formula is C18H29FN4O. The summed E-state index contributed by atoms with van der Waals surface area (Å²) >= 11 is 0. The first-order chi connectivity index (χ1) is 11.4. The standard InChI is InChI=1S/C18H29FN4O/c1-12(2)23-10-13(3)16(11-23)22-18(20-4)21-9-14-6-7-17(24-5)15(19)8-14/h6-8,12-13,16H,9-11H2,1-5H3,(H2,20,21,22). The van der Waals surface area contributed by atoms with Gasteiger partial charge in [0.25, 0.3) is 0 Å². The smallest absolute Gasteiger partial charge is 0.191 e. The predicted octanol–water partition coefficient (Wildman–Crippen LogP) is 2.23. The summed E-state index contributed by atoms with van der Waals surface area (Å²) in [4.78, 5) is 6.75. The Kier molecular flexibility index (Phi) is 6.43. The van der Waals surface area contributed by atoms with E-state index >= 15 is 0 Å². The molecule has 2 unspecified atom stereocenters. The first-order valence-electron chi connectivity index (χ1n) is 8.48. The molecule has 2 atom stereocenters. The van der Waals surface area contributed by atoms with Crippen molar-refractivity contribution in [2.75, 3.05) is 27.2 Å². The van der Waals surface area contributed by atoms with Crippen LogP contribution in [-0.2, 0) is 6.54 Å². The minimum atomic E-state index is -0.350. The molecule has 134 valence electrons. The van der Waals surface area contributed by atoms with Gasteiger partial charge >= 0.3 is 0 Å². The number of likely N-dealkylation sites (tertiary alicyclic amines) is 1. The van der Waals surface area contributed by atoms with Crippen LogP contribution in [-0.4, -0.2) is 50.2 Å². The van der Waals surface area contributed by atoms with Gasteiger partial charge in [0.2, 0.25) is 0 Å². The fourth-order valence-corrected chi connectivity index (χ4v) is 2.99. The number of aliphatic imine (C=N–C) groups is 1. The summed E-state index contributed by atoms with van der Waals surface area (Å²) in [7, 11) is 3.22. The molecule has 2 N–H and O–H groups in total. The predicted molar refractivity (Wildman–Crippen MR) is 95.9 cm³/mol. The van der Waals surface area contributed by atoms with E-state index in [0.29, 0.717) is 24.5 Å². The Morgan fingerprint density at radius 1 is 1.42 bits per heavy atom. The molecule has 1 aromatic rings. The number of nitrogens with zero attached hydrogens (tertiary/aromatic N) is 2. The molecule has 24 heavy (non-hydrogen) atoms. The van der Waals surface area contributed by atoms with E-state index in [9.17, 15) is 4.39 Å². The molecule has 1 heterocycles. The van der Waals surface area contributed by atoms with E-state index in [1.807, 2.05) is 6.07 Å². The average Bonchev–Trinajstić information content (AvgIpc) is 2.92. The van der Waals surface area contributed by atoms with Gasteiger partial charge in [0.05, 0.1) is 7.11 Å². The van der Waals surface area contributed by atoms with E-state index in [1.165, 1.54) is 13.2 Å². The van der Waals surface area contributed by atoms with Crippen LogP contribution in [0.1, 0.15) is 26.3 Å². The lowest BCUT2D eigenvalue weighted by Crippen LogP contribution is -2.46. The number of ether oxygens (including phenoxy) is 1. The largest absolute Gasteiger partial charge is 0.494 e. The fraction of sp³-hybridized carbons (Fsp3) is 0.611. The lowest BCUT2D eigenvalue weighted by atomic mass is 10.1. The van der Waals surface area contributed by atoms with E-state index < -0.39 is 0 Å². The summed E-state index contributed by atoms with van der Waals surface area (Å²) in [6.07, 6.45) is 0. The molecule has 2 rings (SSSR count). The number of halogens is 1. The second-order valence-corrected chi connectivity index (χ2v) is 6.67. The highest BCUT2D eigenvalue weighted by Crippen LogP contribution is 2.19. The summed E-state index contributed by atoms with van der Waals surface area (Å²) in [5.74, 6) is 1.21. The molecule has 0 aromatic heterocycles. The first kappa shape index (κ1) is 18.5. The molecule has 1 aliphatic heterocycles. The maximum Gasteiger partial charge on any atom is 0.191 e. The molecule has 0 spiro atoms. The number of hydrogen-bond acceptors (Lipinski definition) is 3. The summed E-state index contributed by atoms with van der Waals surface area (Å²) < 4.78 is 18.7. The monoisotopic (exact) mass is 336 g/mol. The van der Waals surface area contributed by atoms with Crippen molar-refractivity contribution in [3.8, 4) is 5.75 Å². The van der Waals surface area contributed by atoms with Gasteiger partial charge in [-0.2, -0.15) is 0 Å². The number of rotatable bonds is 5. The number of benzene rings is 1. The zero-order valence-corrected chi connectivity index (χ0v) is 15.3. The summed E-state index contributed by atoms with van der Waals surface area (Å²) in [6.45, 7) is 9.31. The number of nitrogens with one attached hydrogen (secondary N) is 2. The van der Waals surface area contributed by atoms with Crippen LogP contribution in [0, 0.1) is 11.7 Å². The molecule has 5 nitrogen and oxygen atoms in total. The van der Waals surface area contributed by atoms with Crippen LogP contribution in [0.3, 0.4) is 0 Å². The van der Waals surface area contributed by atoms with Crippen LogP contribution < -0.4 is 15.4 Å².